The molecule has 3 nitrogen and oxygen atoms in total. The molecule has 0 aliphatic rings. The lowest BCUT2D eigenvalue weighted by atomic mass is 10.1. The first-order valence-electron chi connectivity index (χ1n) is 6.03. The van der Waals surface area contributed by atoms with Crippen LogP contribution in [0, 0.1) is 5.82 Å². The zero-order valence-electron chi connectivity index (χ0n) is 10.6. The Labute approximate surface area is 124 Å². The van der Waals surface area contributed by atoms with Crippen LogP contribution in [0.15, 0.2) is 46.9 Å². The van der Waals surface area contributed by atoms with E-state index in [1.165, 1.54) is 18.2 Å². The average molecular weight is 338 g/mol. The number of nitrogens with one attached hydrogen (secondary N) is 1. The molecule has 0 amide bonds. The predicted octanol–water partition coefficient (Wildman–Crippen LogP) is 3.58. The quantitative estimate of drug-likeness (QED) is 0.876. The molecule has 0 unspecified atom stereocenters. The average Bonchev–Trinajstić information content (AvgIpc) is 2.40. The van der Waals surface area contributed by atoms with Crippen LogP contribution < -0.4 is 5.32 Å². The van der Waals surface area contributed by atoms with Crippen LogP contribution >= 0.6 is 15.9 Å². The minimum Gasteiger partial charge on any atom is -0.478 e. The zero-order valence-corrected chi connectivity index (χ0v) is 12.2. The van der Waals surface area contributed by atoms with Gasteiger partial charge in [0.25, 0.3) is 0 Å². The number of hydrogen-bond acceptors (Lipinski definition) is 2. The third-order valence-corrected chi connectivity index (χ3v) is 3.32. The van der Waals surface area contributed by atoms with Crippen LogP contribution in [0.5, 0.6) is 0 Å². The Balaban J connectivity index is 2.00. The number of carboxylic acids is 1. The number of rotatable bonds is 5. The third-order valence-electron chi connectivity index (χ3n) is 2.83. The first kappa shape index (κ1) is 14.7. The number of halogens is 2. The van der Waals surface area contributed by atoms with Crippen molar-refractivity contribution in [3.05, 3.63) is 69.4 Å². The van der Waals surface area contributed by atoms with Gasteiger partial charge < -0.3 is 10.4 Å². The molecule has 0 aliphatic heterocycles. The molecule has 2 aromatic carbocycles. The summed E-state index contributed by atoms with van der Waals surface area (Å²) in [4.78, 5) is 10.8. The minimum atomic E-state index is -1.06. The monoisotopic (exact) mass is 337 g/mol. The first-order chi connectivity index (χ1) is 9.56. The van der Waals surface area contributed by atoms with Crippen molar-refractivity contribution in [1.29, 1.82) is 0 Å². The fourth-order valence-corrected chi connectivity index (χ4v) is 2.28. The van der Waals surface area contributed by atoms with Crippen molar-refractivity contribution in [3.63, 3.8) is 0 Å². The highest BCUT2D eigenvalue weighted by molar-refractivity contribution is 9.10. The van der Waals surface area contributed by atoms with Gasteiger partial charge in [-0.2, -0.15) is 0 Å². The number of hydrogen-bond donors (Lipinski definition) is 2. The van der Waals surface area contributed by atoms with Crippen LogP contribution in [0.25, 0.3) is 0 Å². The van der Waals surface area contributed by atoms with Gasteiger partial charge in [-0.05, 0) is 35.9 Å². The Hall–Kier alpha value is -1.72. The van der Waals surface area contributed by atoms with Crippen LogP contribution in [0.1, 0.15) is 21.5 Å². The van der Waals surface area contributed by atoms with Crippen LogP contribution in [-0.2, 0) is 13.1 Å². The van der Waals surface area contributed by atoms with Crippen LogP contribution in [0.2, 0.25) is 0 Å². The van der Waals surface area contributed by atoms with E-state index < -0.39 is 11.8 Å². The second-order valence-electron chi connectivity index (χ2n) is 4.34. The van der Waals surface area contributed by atoms with E-state index in [2.05, 4.69) is 21.2 Å². The van der Waals surface area contributed by atoms with E-state index >= 15 is 0 Å². The molecule has 0 bridgehead atoms. The molecule has 0 radical (unpaired) electrons. The number of carbonyl (C=O) groups is 1. The largest absolute Gasteiger partial charge is 0.478 e. The Kier molecular flexibility index (Phi) is 4.87. The molecular formula is C15H13BrFNO2. The van der Waals surface area contributed by atoms with Gasteiger partial charge in [-0.15, -0.1) is 0 Å². The van der Waals surface area contributed by atoms with Gasteiger partial charge in [-0.25, -0.2) is 9.18 Å². The molecule has 0 fully saturated rings. The van der Waals surface area contributed by atoms with Gasteiger partial charge in [0.1, 0.15) is 5.82 Å². The molecule has 0 atom stereocenters. The third kappa shape index (κ3) is 3.88. The van der Waals surface area contributed by atoms with E-state index in [0.717, 1.165) is 10.0 Å². The van der Waals surface area contributed by atoms with Crippen molar-refractivity contribution in [2.75, 3.05) is 0 Å². The summed E-state index contributed by atoms with van der Waals surface area (Å²) in [6, 6.07) is 11.6. The smallest absolute Gasteiger partial charge is 0.335 e. The van der Waals surface area contributed by atoms with Crippen molar-refractivity contribution in [1.82, 2.24) is 5.32 Å². The summed E-state index contributed by atoms with van der Waals surface area (Å²) < 4.78 is 14.6. The number of benzene rings is 2. The van der Waals surface area contributed by atoms with Gasteiger partial charge in [0.15, 0.2) is 0 Å². The van der Waals surface area contributed by atoms with Gasteiger partial charge in [0.05, 0.1) is 5.56 Å². The molecule has 0 aromatic heterocycles. The Morgan fingerprint density at radius 2 is 2.00 bits per heavy atom. The zero-order chi connectivity index (χ0) is 14.5. The minimum absolute atomic E-state index is 0.0886. The molecule has 104 valence electrons. The van der Waals surface area contributed by atoms with Crippen molar-refractivity contribution < 1.29 is 14.3 Å². The molecule has 5 heteroatoms. The molecule has 0 heterocycles. The van der Waals surface area contributed by atoms with Gasteiger partial charge in [-0.1, -0.05) is 28.1 Å². The van der Waals surface area contributed by atoms with E-state index in [1.807, 2.05) is 24.3 Å². The van der Waals surface area contributed by atoms with Gasteiger partial charge >= 0.3 is 5.97 Å². The Morgan fingerprint density at radius 1 is 1.20 bits per heavy atom. The molecule has 2 aromatic rings. The van der Waals surface area contributed by atoms with E-state index in [0.29, 0.717) is 12.1 Å². The van der Waals surface area contributed by atoms with E-state index in [4.69, 9.17) is 5.11 Å². The van der Waals surface area contributed by atoms with Crippen LogP contribution in [-0.4, -0.2) is 11.1 Å². The summed E-state index contributed by atoms with van der Waals surface area (Å²) >= 11 is 3.38. The molecular weight excluding hydrogens is 325 g/mol. The van der Waals surface area contributed by atoms with E-state index in [9.17, 15) is 9.18 Å². The standard InChI is InChI=1S/C15H13BrFNO2/c16-13-3-1-2-10(6-13)8-18-9-12-7-11(15(19)20)4-5-14(12)17/h1-7,18H,8-9H2,(H,19,20). The highest BCUT2D eigenvalue weighted by atomic mass is 79.9. The van der Waals surface area contributed by atoms with Crippen molar-refractivity contribution in [2.45, 2.75) is 13.1 Å². The summed E-state index contributed by atoms with van der Waals surface area (Å²) in [5, 5.41) is 12.0. The summed E-state index contributed by atoms with van der Waals surface area (Å²) in [5.41, 5.74) is 1.50. The summed E-state index contributed by atoms with van der Waals surface area (Å²) in [6.45, 7) is 0.857. The van der Waals surface area contributed by atoms with E-state index in [-0.39, 0.29) is 12.1 Å². The predicted molar refractivity (Wildman–Crippen MR) is 78.0 cm³/mol. The highest BCUT2D eigenvalue weighted by Crippen LogP contribution is 2.13. The second-order valence-corrected chi connectivity index (χ2v) is 5.26. The van der Waals surface area contributed by atoms with Gasteiger partial charge in [-0.3, -0.25) is 0 Å². The van der Waals surface area contributed by atoms with Crippen molar-refractivity contribution in [2.24, 2.45) is 0 Å². The number of aromatic carboxylic acids is 1. The fraction of sp³-hybridized carbons (Fsp3) is 0.133. The molecule has 0 saturated heterocycles. The lowest BCUT2D eigenvalue weighted by molar-refractivity contribution is 0.0696. The summed E-state index contributed by atoms with van der Waals surface area (Å²) in [7, 11) is 0. The van der Waals surface area contributed by atoms with Crippen LogP contribution in [0.4, 0.5) is 4.39 Å². The lowest BCUT2D eigenvalue weighted by Crippen LogP contribution is -2.14. The molecule has 2 N–H and O–H groups in total. The topological polar surface area (TPSA) is 49.3 Å². The van der Waals surface area contributed by atoms with Gasteiger partial charge in [0, 0.05) is 23.1 Å². The fourth-order valence-electron chi connectivity index (χ4n) is 1.83. The molecule has 0 aliphatic carbocycles. The van der Waals surface area contributed by atoms with Crippen molar-refractivity contribution >= 4 is 21.9 Å². The first-order valence-corrected chi connectivity index (χ1v) is 6.82. The SMILES string of the molecule is O=C(O)c1ccc(F)c(CNCc2cccc(Br)c2)c1. The normalized spacial score (nSPS) is 10.5. The summed E-state index contributed by atoms with van der Waals surface area (Å²) in [5.74, 6) is -1.46. The molecule has 0 saturated carbocycles. The lowest BCUT2D eigenvalue weighted by Gasteiger charge is -2.07. The van der Waals surface area contributed by atoms with Gasteiger partial charge in [0.2, 0.25) is 0 Å². The molecule has 2 rings (SSSR count). The molecule has 20 heavy (non-hydrogen) atoms. The maximum Gasteiger partial charge on any atom is 0.335 e. The van der Waals surface area contributed by atoms with E-state index in [1.54, 1.807) is 0 Å². The Morgan fingerprint density at radius 3 is 2.70 bits per heavy atom. The van der Waals surface area contributed by atoms with Crippen molar-refractivity contribution in [3.8, 4) is 0 Å². The second kappa shape index (κ2) is 6.63. The molecule has 0 spiro atoms. The number of carboxylic acid groups (broad SMARTS) is 1. The maximum atomic E-state index is 13.6. The summed E-state index contributed by atoms with van der Waals surface area (Å²) in [6.07, 6.45) is 0. The maximum absolute atomic E-state index is 13.6. The highest BCUT2D eigenvalue weighted by Gasteiger charge is 2.08. The van der Waals surface area contributed by atoms with Crippen LogP contribution in [0.3, 0.4) is 0 Å². The Bertz CT molecular complexity index is 631.